The van der Waals surface area contributed by atoms with Crippen LogP contribution in [0.15, 0.2) is 215 Å². The second-order valence-corrected chi connectivity index (χ2v) is 20.6. The van der Waals surface area contributed by atoms with Crippen LogP contribution in [0.1, 0.15) is 47.2 Å². The molecule has 0 bridgehead atoms. The molecule has 0 saturated carbocycles. The lowest BCUT2D eigenvalue weighted by Gasteiger charge is -2.31. The van der Waals surface area contributed by atoms with Gasteiger partial charge in [0, 0.05) is 43.4 Å². The molecule has 14 rings (SSSR count). The topological polar surface area (TPSA) is 32.8 Å². The molecule has 0 atom stereocenters. The smallest absolute Gasteiger partial charge is 0.159 e. The van der Waals surface area contributed by atoms with Crippen LogP contribution in [0.5, 0.6) is 0 Å². The van der Waals surface area contributed by atoms with Gasteiger partial charge in [0.1, 0.15) is 11.2 Å². The van der Waals surface area contributed by atoms with Crippen LogP contribution in [-0.4, -0.2) is 0 Å². The summed E-state index contributed by atoms with van der Waals surface area (Å²) in [5.41, 5.74) is 22.0. The third kappa shape index (κ3) is 6.83. The lowest BCUT2D eigenvalue weighted by atomic mass is 9.91. The van der Waals surface area contributed by atoms with E-state index in [1.54, 1.807) is 0 Å². The highest BCUT2D eigenvalue weighted by Crippen LogP contribution is 2.53. The quantitative estimate of drug-likeness (QED) is 0.128. The highest BCUT2D eigenvalue weighted by atomic mass is 16.3. The normalized spacial score (nSPS) is 11.9. The van der Waals surface area contributed by atoms with E-state index in [0.29, 0.717) is 0 Å². The zero-order valence-electron chi connectivity index (χ0n) is 43.8. The molecular formula is C72H56N2O2. The molecule has 0 unspecified atom stereocenters. The van der Waals surface area contributed by atoms with Gasteiger partial charge in [0.15, 0.2) is 11.2 Å². The maximum atomic E-state index is 7.28. The molecule has 0 N–H and O–H groups in total. The molecule has 76 heavy (non-hydrogen) atoms. The fraction of sp³-hybridized carbons (Fsp3) is 0.111. The van der Waals surface area contributed by atoms with Crippen LogP contribution >= 0.6 is 0 Å². The van der Waals surface area contributed by atoms with E-state index in [1.807, 2.05) is 0 Å². The average molecular weight is 981 g/mol. The predicted molar refractivity (Wildman–Crippen MR) is 323 cm³/mol. The molecule has 4 nitrogen and oxygen atoms in total. The Morgan fingerprint density at radius 1 is 0.289 bits per heavy atom. The molecule has 14 aromatic rings. The molecule has 0 fully saturated rings. The molecule has 0 saturated heterocycles. The zero-order valence-corrected chi connectivity index (χ0v) is 43.8. The van der Waals surface area contributed by atoms with Crippen molar-refractivity contribution < 1.29 is 8.83 Å². The Kier molecular flexibility index (Phi) is 10.6. The van der Waals surface area contributed by atoms with Gasteiger partial charge in [-0.1, -0.05) is 196 Å². The summed E-state index contributed by atoms with van der Waals surface area (Å²) in [6, 6.07) is 75.7. The van der Waals surface area contributed by atoms with Crippen molar-refractivity contribution >= 4 is 110 Å². The Morgan fingerprint density at radius 3 is 1.04 bits per heavy atom. The molecule has 12 aromatic carbocycles. The van der Waals surface area contributed by atoms with Gasteiger partial charge >= 0.3 is 0 Å². The monoisotopic (exact) mass is 980 g/mol. The first kappa shape index (κ1) is 45.5. The Labute approximate surface area is 443 Å². The number of furan rings is 2. The molecule has 2 heterocycles. The average Bonchev–Trinajstić information content (AvgIpc) is 4.16. The third-order valence-electron chi connectivity index (χ3n) is 16.3. The molecule has 0 radical (unpaired) electrons. The van der Waals surface area contributed by atoms with Crippen molar-refractivity contribution in [1.82, 2.24) is 0 Å². The molecule has 4 heteroatoms. The summed E-state index contributed by atoms with van der Waals surface area (Å²) in [5.74, 6) is 0. The maximum absolute atomic E-state index is 7.28. The van der Waals surface area contributed by atoms with E-state index < -0.39 is 0 Å². The van der Waals surface area contributed by atoms with Crippen molar-refractivity contribution in [2.75, 3.05) is 9.80 Å². The number of hydrogen-bond acceptors (Lipinski definition) is 4. The van der Waals surface area contributed by atoms with Crippen molar-refractivity contribution in [1.29, 1.82) is 0 Å². The van der Waals surface area contributed by atoms with Crippen LogP contribution in [0.4, 0.5) is 34.1 Å². The summed E-state index contributed by atoms with van der Waals surface area (Å²) in [6.07, 6.45) is 1.87. The summed E-state index contributed by atoms with van der Waals surface area (Å²) >= 11 is 0. The standard InChI is InChI=1S/C72H56N2O2/c1-7-47-23-9-11-25-51(47)53-27-15-29-55-57-31-17-33-63(71(57)75-69(53)55)73(67-43(3)19-13-20-44(67)4)61-41-37-49-36-40-60-62(42-38-50-35-39-59(61)65(49)66(50)60)74(68-45(5)21-14-22-46(68)6)64-34-18-32-58-56-30-16-28-54(70(56)76-72(58)64)52-26-12-10-24-48(52)8-2/h9-42H,7-8H2,1-6H3. The van der Waals surface area contributed by atoms with Gasteiger partial charge < -0.3 is 18.6 Å². The van der Waals surface area contributed by atoms with Crippen LogP contribution in [0.3, 0.4) is 0 Å². The van der Waals surface area contributed by atoms with E-state index in [9.17, 15) is 0 Å². The Bertz CT molecular complexity index is 4290. The number of fused-ring (bicyclic) bond motifs is 6. The van der Waals surface area contributed by atoms with Crippen molar-refractivity contribution in [3.05, 3.63) is 240 Å². The van der Waals surface area contributed by atoms with E-state index in [-0.39, 0.29) is 0 Å². The van der Waals surface area contributed by atoms with E-state index in [4.69, 9.17) is 8.83 Å². The minimum atomic E-state index is 0.861. The van der Waals surface area contributed by atoms with Crippen molar-refractivity contribution in [3.63, 3.8) is 0 Å². The Balaban J connectivity index is 1.02. The van der Waals surface area contributed by atoms with Gasteiger partial charge in [-0.3, -0.25) is 0 Å². The lowest BCUT2D eigenvalue weighted by molar-refractivity contribution is 0.669. The molecule has 0 aliphatic rings. The van der Waals surface area contributed by atoms with Crippen molar-refractivity contribution in [2.24, 2.45) is 0 Å². The van der Waals surface area contributed by atoms with Crippen molar-refractivity contribution in [2.45, 2.75) is 54.4 Å². The number of nitrogens with zero attached hydrogens (tertiary/aromatic N) is 2. The van der Waals surface area contributed by atoms with Gasteiger partial charge in [0.05, 0.1) is 34.1 Å². The summed E-state index contributed by atoms with van der Waals surface area (Å²) in [7, 11) is 0. The van der Waals surface area contributed by atoms with E-state index in [0.717, 1.165) is 102 Å². The number of hydrogen-bond donors (Lipinski definition) is 0. The van der Waals surface area contributed by atoms with Crippen LogP contribution < -0.4 is 9.80 Å². The summed E-state index contributed by atoms with van der Waals surface area (Å²) in [6.45, 7) is 13.4. The van der Waals surface area contributed by atoms with Gasteiger partial charge in [0.2, 0.25) is 0 Å². The Morgan fingerprint density at radius 2 is 0.632 bits per heavy atom. The number of aryl methyl sites for hydroxylation is 6. The first-order valence-electron chi connectivity index (χ1n) is 26.8. The summed E-state index contributed by atoms with van der Waals surface area (Å²) < 4.78 is 14.6. The second-order valence-electron chi connectivity index (χ2n) is 20.6. The second kappa shape index (κ2) is 17.8. The van der Waals surface area contributed by atoms with Gasteiger partial charge in [0.25, 0.3) is 0 Å². The maximum Gasteiger partial charge on any atom is 0.159 e. The minimum Gasteiger partial charge on any atom is -0.453 e. The number of para-hydroxylation sites is 6. The SMILES string of the molecule is CCc1ccccc1-c1cccc2c1oc1c(N(c3c(C)cccc3C)c3ccc4ccc5c(N(c6c(C)cccc6C)c6cccc7c6oc6c(-c8ccccc8CC)cccc67)ccc6ccc3c4c65)cccc12. The minimum absolute atomic E-state index is 0.861. The molecule has 0 aliphatic carbocycles. The molecule has 2 aromatic heterocycles. The summed E-state index contributed by atoms with van der Waals surface area (Å²) in [4.78, 5) is 4.94. The van der Waals surface area contributed by atoms with Crippen LogP contribution in [0.25, 0.3) is 98.4 Å². The van der Waals surface area contributed by atoms with Crippen LogP contribution in [0, 0.1) is 27.7 Å². The number of benzene rings is 12. The van der Waals surface area contributed by atoms with Gasteiger partial charge in [-0.25, -0.2) is 0 Å². The fourth-order valence-corrected chi connectivity index (χ4v) is 12.8. The van der Waals surface area contributed by atoms with Gasteiger partial charge in [-0.2, -0.15) is 0 Å². The molecule has 0 aliphatic heterocycles. The Hall–Kier alpha value is -9.12. The molecule has 0 amide bonds. The van der Waals surface area contributed by atoms with Gasteiger partial charge in [-0.15, -0.1) is 0 Å². The highest BCUT2D eigenvalue weighted by Gasteiger charge is 2.28. The first-order chi connectivity index (χ1) is 37.3. The highest BCUT2D eigenvalue weighted by molar-refractivity contribution is 6.29. The number of rotatable bonds is 10. The van der Waals surface area contributed by atoms with E-state index >= 15 is 0 Å². The van der Waals surface area contributed by atoms with Crippen molar-refractivity contribution in [3.8, 4) is 22.3 Å². The summed E-state index contributed by atoms with van der Waals surface area (Å²) in [5, 5.41) is 11.6. The van der Waals surface area contributed by atoms with E-state index in [2.05, 4.69) is 258 Å². The largest absolute Gasteiger partial charge is 0.453 e. The van der Waals surface area contributed by atoms with E-state index in [1.165, 1.54) is 76.8 Å². The predicted octanol–water partition coefficient (Wildman–Crippen LogP) is 21.0. The molecule has 0 spiro atoms. The van der Waals surface area contributed by atoms with Crippen LogP contribution in [0.2, 0.25) is 0 Å². The van der Waals surface area contributed by atoms with Gasteiger partial charge in [-0.05, 0) is 131 Å². The number of anilines is 6. The zero-order chi connectivity index (χ0) is 51.3. The molecule has 366 valence electrons. The van der Waals surface area contributed by atoms with Crippen LogP contribution in [-0.2, 0) is 12.8 Å². The third-order valence-corrected chi connectivity index (χ3v) is 16.3. The fourth-order valence-electron chi connectivity index (χ4n) is 12.8. The lowest BCUT2D eigenvalue weighted by Crippen LogP contribution is -2.14. The first-order valence-corrected chi connectivity index (χ1v) is 26.8. The molecular weight excluding hydrogens is 925 g/mol.